The van der Waals surface area contributed by atoms with Gasteiger partial charge < -0.3 is 20.9 Å². The third kappa shape index (κ3) is 2.51. The second kappa shape index (κ2) is 5.49. The topological polar surface area (TPSA) is 133 Å². The van der Waals surface area contributed by atoms with Crippen molar-refractivity contribution in [2.75, 3.05) is 5.73 Å². The van der Waals surface area contributed by atoms with Crippen LogP contribution in [0.25, 0.3) is 11.1 Å². The number of nitrogens with two attached hydrogens (primary N) is 1. The third-order valence-corrected chi connectivity index (χ3v) is 3.19. The van der Waals surface area contributed by atoms with Gasteiger partial charge in [-0.05, 0) is 17.7 Å². The lowest BCUT2D eigenvalue weighted by Crippen LogP contribution is -2.24. The number of hydrogen-bond donors (Lipinski definition) is 4. The fourth-order valence-electron chi connectivity index (χ4n) is 1.99. The number of hydrogen-bond acceptors (Lipinski definition) is 4. The summed E-state index contributed by atoms with van der Waals surface area (Å²) in [5, 5.41) is 18.1. The van der Waals surface area contributed by atoms with Crippen LogP contribution in [0.2, 0.25) is 5.02 Å². The molecular formula is C13H8ClFN2O5. The van der Waals surface area contributed by atoms with Gasteiger partial charge in [0, 0.05) is 5.56 Å². The molecule has 0 saturated heterocycles. The molecule has 0 radical (unpaired) electrons. The van der Waals surface area contributed by atoms with Crippen LogP contribution in [-0.2, 0) is 0 Å². The number of H-pyrrole nitrogens is 1. The van der Waals surface area contributed by atoms with Gasteiger partial charge in [0.2, 0.25) is 0 Å². The Bertz CT molecular complexity index is 862. The third-order valence-electron chi connectivity index (χ3n) is 2.88. The van der Waals surface area contributed by atoms with Crippen LogP contribution in [0.4, 0.5) is 10.2 Å². The van der Waals surface area contributed by atoms with E-state index < -0.39 is 45.8 Å². The number of halogens is 2. The van der Waals surface area contributed by atoms with Crippen LogP contribution in [0, 0.1) is 5.82 Å². The molecule has 0 aliphatic rings. The van der Waals surface area contributed by atoms with Crippen LogP contribution in [0.15, 0.2) is 23.0 Å². The summed E-state index contributed by atoms with van der Waals surface area (Å²) in [6, 6.07) is 3.13. The number of aromatic amines is 1. The maximum atomic E-state index is 13.6. The molecule has 114 valence electrons. The zero-order valence-electron chi connectivity index (χ0n) is 10.7. The highest BCUT2D eigenvalue weighted by atomic mass is 35.5. The number of nitrogens with one attached hydrogen (secondary N) is 1. The van der Waals surface area contributed by atoms with Gasteiger partial charge in [-0.25, -0.2) is 14.0 Å². The van der Waals surface area contributed by atoms with E-state index in [1.165, 1.54) is 6.07 Å². The van der Waals surface area contributed by atoms with E-state index in [-0.39, 0.29) is 10.6 Å². The van der Waals surface area contributed by atoms with Gasteiger partial charge in [-0.3, -0.25) is 4.79 Å². The van der Waals surface area contributed by atoms with Crippen LogP contribution in [-0.4, -0.2) is 27.1 Å². The lowest BCUT2D eigenvalue weighted by atomic mass is 9.95. The Kier molecular flexibility index (Phi) is 3.87. The molecule has 0 unspecified atom stereocenters. The number of carbonyl (C=O) groups is 2. The zero-order chi connectivity index (χ0) is 16.6. The first-order valence-corrected chi connectivity index (χ1v) is 6.09. The lowest BCUT2D eigenvalue weighted by Gasteiger charge is -2.12. The van der Waals surface area contributed by atoms with E-state index in [1.807, 2.05) is 4.98 Å². The summed E-state index contributed by atoms with van der Waals surface area (Å²) in [6.45, 7) is 0. The summed E-state index contributed by atoms with van der Waals surface area (Å²) in [5.41, 5.74) is 2.22. The van der Waals surface area contributed by atoms with E-state index in [4.69, 9.17) is 22.4 Å². The maximum Gasteiger partial charge on any atom is 0.342 e. The van der Waals surface area contributed by atoms with Crippen LogP contribution in [0.5, 0.6) is 0 Å². The standard InChI is InChI=1S/C13H8ClFN2O5/c14-5-2-1-4(3-6(5)15)7-8(12(19)20)10(16)17-11(18)9(7)13(21)22/h1-3H,(H,19,20)(H,21,22)(H3,16,17,18). The molecule has 5 N–H and O–H groups in total. The molecule has 1 aromatic carbocycles. The van der Waals surface area contributed by atoms with Gasteiger partial charge in [0.15, 0.2) is 0 Å². The number of anilines is 1. The van der Waals surface area contributed by atoms with E-state index in [0.29, 0.717) is 0 Å². The first kappa shape index (κ1) is 15.5. The van der Waals surface area contributed by atoms with Crippen LogP contribution in [0.3, 0.4) is 0 Å². The van der Waals surface area contributed by atoms with Gasteiger partial charge >= 0.3 is 11.9 Å². The van der Waals surface area contributed by atoms with Crippen molar-refractivity contribution in [2.45, 2.75) is 0 Å². The molecule has 0 aliphatic heterocycles. The number of aromatic carboxylic acids is 2. The number of carboxylic acids is 2. The SMILES string of the molecule is Nc1[nH]c(=O)c(C(=O)O)c(-c2ccc(Cl)c(F)c2)c1C(=O)O. The van der Waals surface area contributed by atoms with Crippen molar-refractivity contribution >= 4 is 29.4 Å². The Balaban J connectivity index is 2.98. The largest absolute Gasteiger partial charge is 0.478 e. The molecule has 0 aliphatic carbocycles. The van der Waals surface area contributed by atoms with Crippen LogP contribution < -0.4 is 11.3 Å². The Labute approximate surface area is 126 Å². The normalized spacial score (nSPS) is 10.5. The van der Waals surface area contributed by atoms with Crippen molar-refractivity contribution in [1.29, 1.82) is 0 Å². The van der Waals surface area contributed by atoms with Gasteiger partial charge in [0.05, 0.1) is 5.02 Å². The van der Waals surface area contributed by atoms with Gasteiger partial charge in [-0.2, -0.15) is 0 Å². The van der Waals surface area contributed by atoms with Crippen molar-refractivity contribution in [3.63, 3.8) is 0 Å². The van der Waals surface area contributed by atoms with E-state index in [0.717, 1.165) is 12.1 Å². The minimum atomic E-state index is -1.67. The number of aromatic nitrogens is 1. The van der Waals surface area contributed by atoms with Crippen LogP contribution >= 0.6 is 11.6 Å². The predicted molar refractivity (Wildman–Crippen MR) is 75.8 cm³/mol. The molecule has 0 spiro atoms. The molecule has 9 heteroatoms. The summed E-state index contributed by atoms with van der Waals surface area (Å²) in [6.07, 6.45) is 0. The second-order valence-electron chi connectivity index (χ2n) is 4.23. The molecule has 0 fully saturated rings. The second-order valence-corrected chi connectivity index (χ2v) is 4.64. The molecule has 2 aromatic rings. The number of rotatable bonds is 3. The van der Waals surface area contributed by atoms with Crippen molar-refractivity contribution in [2.24, 2.45) is 0 Å². The van der Waals surface area contributed by atoms with Gasteiger partial charge in [0.1, 0.15) is 22.8 Å². The monoisotopic (exact) mass is 326 g/mol. The van der Waals surface area contributed by atoms with Gasteiger partial charge in [0.25, 0.3) is 5.56 Å². The smallest absolute Gasteiger partial charge is 0.342 e. The fraction of sp³-hybridized carbons (Fsp3) is 0. The van der Waals surface area contributed by atoms with Crippen LogP contribution in [0.1, 0.15) is 20.7 Å². The number of benzene rings is 1. The average molecular weight is 327 g/mol. The Morgan fingerprint density at radius 3 is 2.27 bits per heavy atom. The molecule has 1 heterocycles. The highest BCUT2D eigenvalue weighted by molar-refractivity contribution is 6.30. The minimum absolute atomic E-state index is 0.144. The average Bonchev–Trinajstić information content (AvgIpc) is 2.39. The number of nitrogen functional groups attached to an aromatic ring is 1. The summed E-state index contributed by atoms with van der Waals surface area (Å²) < 4.78 is 13.6. The van der Waals surface area contributed by atoms with Crippen molar-refractivity contribution in [3.05, 3.63) is 50.5 Å². The first-order chi connectivity index (χ1) is 10.2. The van der Waals surface area contributed by atoms with Crippen molar-refractivity contribution < 1.29 is 24.2 Å². The van der Waals surface area contributed by atoms with Crippen molar-refractivity contribution in [3.8, 4) is 11.1 Å². The molecule has 7 nitrogen and oxygen atoms in total. The van der Waals surface area contributed by atoms with Gasteiger partial charge in [-0.1, -0.05) is 17.7 Å². The molecule has 0 amide bonds. The maximum absolute atomic E-state index is 13.6. The molecule has 22 heavy (non-hydrogen) atoms. The molecule has 0 atom stereocenters. The lowest BCUT2D eigenvalue weighted by molar-refractivity contribution is 0.0695. The number of carboxylic acid groups (broad SMARTS) is 2. The Morgan fingerprint density at radius 2 is 1.77 bits per heavy atom. The summed E-state index contributed by atoms with van der Waals surface area (Å²) in [4.78, 5) is 36.3. The van der Waals surface area contributed by atoms with E-state index in [9.17, 15) is 23.9 Å². The van der Waals surface area contributed by atoms with E-state index in [1.54, 1.807) is 0 Å². The summed E-state index contributed by atoms with van der Waals surface area (Å²) >= 11 is 5.54. The number of pyridine rings is 1. The van der Waals surface area contributed by atoms with Crippen molar-refractivity contribution in [1.82, 2.24) is 4.98 Å². The van der Waals surface area contributed by atoms with E-state index in [2.05, 4.69) is 0 Å². The van der Waals surface area contributed by atoms with E-state index >= 15 is 0 Å². The highest BCUT2D eigenvalue weighted by Crippen LogP contribution is 2.31. The fourth-order valence-corrected chi connectivity index (χ4v) is 2.10. The molecule has 2 rings (SSSR count). The zero-order valence-corrected chi connectivity index (χ0v) is 11.4. The molecular weight excluding hydrogens is 319 g/mol. The Hall–Kier alpha value is -2.87. The highest BCUT2D eigenvalue weighted by Gasteiger charge is 2.26. The summed E-state index contributed by atoms with van der Waals surface area (Å²) in [7, 11) is 0. The quantitative estimate of drug-likeness (QED) is 0.679. The predicted octanol–water partition coefficient (Wildman–Crippen LogP) is 1.81. The first-order valence-electron chi connectivity index (χ1n) is 5.71. The molecule has 0 bridgehead atoms. The molecule has 0 saturated carbocycles. The Morgan fingerprint density at radius 1 is 1.18 bits per heavy atom. The molecule has 1 aromatic heterocycles. The summed E-state index contributed by atoms with van der Waals surface area (Å²) in [5.74, 6) is -4.67. The minimum Gasteiger partial charge on any atom is -0.478 e. The van der Waals surface area contributed by atoms with Gasteiger partial charge in [-0.15, -0.1) is 0 Å².